The van der Waals surface area contributed by atoms with E-state index in [4.69, 9.17) is 0 Å². The number of aromatic amines is 1. The molecule has 0 radical (unpaired) electrons. The van der Waals surface area contributed by atoms with Crippen molar-refractivity contribution in [2.75, 3.05) is 11.4 Å². The third-order valence-electron chi connectivity index (χ3n) is 3.96. The van der Waals surface area contributed by atoms with E-state index in [2.05, 4.69) is 4.98 Å². The molecule has 0 bridgehead atoms. The van der Waals surface area contributed by atoms with Crippen LogP contribution in [-0.2, 0) is 4.79 Å². The molecule has 0 aliphatic heterocycles. The van der Waals surface area contributed by atoms with Crippen LogP contribution in [0.4, 0.5) is 10.1 Å². The lowest BCUT2D eigenvalue weighted by Crippen LogP contribution is -2.36. The summed E-state index contributed by atoms with van der Waals surface area (Å²) in [5, 5.41) is 0.411. The minimum absolute atomic E-state index is 0.181. The highest BCUT2D eigenvalue weighted by Crippen LogP contribution is 2.22. The van der Waals surface area contributed by atoms with Crippen molar-refractivity contribution in [3.05, 3.63) is 65.6 Å². The number of hydrogen-bond donors (Lipinski definition) is 1. The van der Waals surface area contributed by atoms with Gasteiger partial charge in [0.2, 0.25) is 0 Å². The second kappa shape index (κ2) is 6.28. The second-order valence-electron chi connectivity index (χ2n) is 5.61. The molecule has 1 heterocycles. The number of aromatic nitrogens is 1. The Morgan fingerprint density at radius 3 is 2.67 bits per heavy atom. The van der Waals surface area contributed by atoms with Crippen molar-refractivity contribution in [2.45, 2.75) is 13.8 Å². The van der Waals surface area contributed by atoms with E-state index in [0.29, 0.717) is 23.1 Å². The molecular formula is C19H17FN2O2. The monoisotopic (exact) mass is 324 g/mol. The summed E-state index contributed by atoms with van der Waals surface area (Å²) in [4.78, 5) is 29.7. The van der Waals surface area contributed by atoms with E-state index in [0.717, 1.165) is 5.56 Å². The van der Waals surface area contributed by atoms with Gasteiger partial charge in [0.15, 0.2) is 0 Å². The van der Waals surface area contributed by atoms with Gasteiger partial charge in [0.1, 0.15) is 5.82 Å². The zero-order valence-corrected chi connectivity index (χ0v) is 13.5. The highest BCUT2D eigenvalue weighted by molar-refractivity contribution is 6.48. The van der Waals surface area contributed by atoms with Gasteiger partial charge in [-0.15, -0.1) is 0 Å². The van der Waals surface area contributed by atoms with Crippen LogP contribution in [0.25, 0.3) is 10.9 Å². The molecular weight excluding hydrogens is 307 g/mol. The molecule has 0 atom stereocenters. The number of fused-ring (bicyclic) bond motifs is 1. The number of H-pyrrole nitrogens is 1. The van der Waals surface area contributed by atoms with E-state index < -0.39 is 17.5 Å². The van der Waals surface area contributed by atoms with Crippen LogP contribution in [-0.4, -0.2) is 23.2 Å². The molecule has 0 saturated heterocycles. The molecule has 1 amide bonds. The minimum Gasteiger partial charge on any atom is -0.360 e. The molecule has 3 aromatic rings. The van der Waals surface area contributed by atoms with Crippen LogP contribution in [0.2, 0.25) is 0 Å². The summed E-state index contributed by atoms with van der Waals surface area (Å²) < 4.78 is 13.5. The Bertz CT molecular complexity index is 930. The molecule has 0 saturated carbocycles. The molecule has 0 fully saturated rings. The van der Waals surface area contributed by atoms with Gasteiger partial charge >= 0.3 is 0 Å². The number of halogens is 1. The molecule has 24 heavy (non-hydrogen) atoms. The second-order valence-corrected chi connectivity index (χ2v) is 5.61. The molecule has 0 spiro atoms. The van der Waals surface area contributed by atoms with Gasteiger partial charge in [-0.25, -0.2) is 4.39 Å². The Kier molecular flexibility index (Phi) is 4.16. The molecule has 0 aliphatic carbocycles. The van der Waals surface area contributed by atoms with Crippen LogP contribution >= 0.6 is 0 Å². The number of nitrogens with zero attached hydrogens (tertiary/aromatic N) is 1. The number of ketones is 1. The molecule has 2 aromatic carbocycles. The first-order valence-corrected chi connectivity index (χ1v) is 7.70. The van der Waals surface area contributed by atoms with E-state index >= 15 is 0 Å². The fourth-order valence-corrected chi connectivity index (χ4v) is 2.76. The van der Waals surface area contributed by atoms with Gasteiger partial charge in [-0.05, 0) is 49.7 Å². The summed E-state index contributed by atoms with van der Waals surface area (Å²) in [6.45, 7) is 4.10. The van der Waals surface area contributed by atoms with Gasteiger partial charge in [-0.1, -0.05) is 12.1 Å². The molecule has 5 heteroatoms. The summed E-state index contributed by atoms with van der Waals surface area (Å²) in [5.41, 5.74) is 2.47. The summed E-state index contributed by atoms with van der Waals surface area (Å²) in [5.74, 6) is -1.74. The van der Waals surface area contributed by atoms with Crippen molar-refractivity contribution in [2.24, 2.45) is 0 Å². The lowest BCUT2D eigenvalue weighted by molar-refractivity contribution is -0.114. The zero-order chi connectivity index (χ0) is 17.3. The number of anilines is 1. The normalized spacial score (nSPS) is 10.8. The number of nitrogens with one attached hydrogen (secondary N) is 1. The number of Topliss-reactive ketones (excluding diaryl/α,β-unsaturated/α-hetero) is 1. The molecule has 0 aliphatic rings. The van der Waals surface area contributed by atoms with E-state index in [1.807, 2.05) is 32.0 Å². The largest absolute Gasteiger partial charge is 0.360 e. The Labute approximate surface area is 138 Å². The van der Waals surface area contributed by atoms with E-state index in [1.54, 1.807) is 12.1 Å². The third kappa shape index (κ3) is 2.80. The maximum Gasteiger partial charge on any atom is 0.299 e. The molecule has 3 rings (SSSR count). The number of hydrogen-bond acceptors (Lipinski definition) is 2. The summed E-state index contributed by atoms with van der Waals surface area (Å²) in [7, 11) is 0. The topological polar surface area (TPSA) is 53.2 Å². The Balaban J connectivity index is 1.98. The standard InChI is InChI=1S/C19H17FN2O2/c1-3-22(14-6-4-5-12(2)9-14)19(24)18(23)16-11-21-17-8-7-13(20)10-15(16)17/h4-11,21H,3H2,1-2H3. The van der Waals surface area contributed by atoms with Gasteiger partial charge in [-0.3, -0.25) is 9.59 Å². The fraction of sp³-hybridized carbons (Fsp3) is 0.158. The summed E-state index contributed by atoms with van der Waals surface area (Å²) >= 11 is 0. The fourth-order valence-electron chi connectivity index (χ4n) is 2.76. The smallest absolute Gasteiger partial charge is 0.299 e. The zero-order valence-electron chi connectivity index (χ0n) is 13.5. The van der Waals surface area contributed by atoms with Crippen LogP contribution in [0.3, 0.4) is 0 Å². The maximum absolute atomic E-state index is 13.5. The third-order valence-corrected chi connectivity index (χ3v) is 3.96. The van der Waals surface area contributed by atoms with Crippen molar-refractivity contribution in [3.8, 4) is 0 Å². The lowest BCUT2D eigenvalue weighted by atomic mass is 10.1. The van der Waals surface area contributed by atoms with Crippen LogP contribution in [0.1, 0.15) is 22.8 Å². The predicted octanol–water partition coefficient (Wildman–Crippen LogP) is 3.85. The van der Waals surface area contributed by atoms with Crippen molar-refractivity contribution in [1.82, 2.24) is 4.98 Å². The average Bonchev–Trinajstić information content (AvgIpc) is 2.97. The van der Waals surface area contributed by atoms with Crippen molar-refractivity contribution in [3.63, 3.8) is 0 Å². The Morgan fingerprint density at radius 2 is 1.96 bits per heavy atom. The van der Waals surface area contributed by atoms with Crippen molar-refractivity contribution in [1.29, 1.82) is 0 Å². The Hall–Kier alpha value is -2.95. The van der Waals surface area contributed by atoms with Crippen LogP contribution in [0.5, 0.6) is 0 Å². The van der Waals surface area contributed by atoms with Gasteiger partial charge < -0.3 is 9.88 Å². The van der Waals surface area contributed by atoms with Crippen LogP contribution < -0.4 is 4.90 Å². The van der Waals surface area contributed by atoms with Crippen molar-refractivity contribution >= 4 is 28.3 Å². The number of carbonyl (C=O) groups is 2. The SMILES string of the molecule is CCN(C(=O)C(=O)c1c[nH]c2ccc(F)cc12)c1cccc(C)c1. The first kappa shape index (κ1) is 15.9. The Morgan fingerprint density at radius 1 is 1.17 bits per heavy atom. The van der Waals surface area contributed by atoms with Crippen LogP contribution in [0.15, 0.2) is 48.7 Å². The van der Waals surface area contributed by atoms with Gasteiger partial charge in [0, 0.05) is 29.3 Å². The van der Waals surface area contributed by atoms with Gasteiger partial charge in [-0.2, -0.15) is 0 Å². The van der Waals surface area contributed by atoms with Crippen molar-refractivity contribution < 1.29 is 14.0 Å². The maximum atomic E-state index is 13.5. The van der Waals surface area contributed by atoms with Gasteiger partial charge in [0.05, 0.1) is 5.56 Å². The van der Waals surface area contributed by atoms with Gasteiger partial charge in [0.25, 0.3) is 11.7 Å². The molecule has 1 aromatic heterocycles. The number of amides is 1. The van der Waals surface area contributed by atoms with E-state index in [1.165, 1.54) is 23.2 Å². The molecule has 4 nitrogen and oxygen atoms in total. The molecule has 122 valence electrons. The quantitative estimate of drug-likeness (QED) is 0.585. The van der Waals surface area contributed by atoms with Crippen LogP contribution in [0, 0.1) is 12.7 Å². The number of likely N-dealkylation sites (N-methyl/N-ethyl adjacent to an activating group) is 1. The predicted molar refractivity (Wildman–Crippen MR) is 91.8 cm³/mol. The summed E-state index contributed by atoms with van der Waals surface area (Å²) in [6, 6.07) is 11.5. The first-order valence-electron chi connectivity index (χ1n) is 7.70. The number of aryl methyl sites for hydroxylation is 1. The molecule has 0 unspecified atom stereocenters. The van der Waals surface area contributed by atoms with E-state index in [9.17, 15) is 14.0 Å². The number of benzene rings is 2. The van der Waals surface area contributed by atoms with E-state index in [-0.39, 0.29) is 5.56 Å². The molecule has 1 N–H and O–H groups in total. The number of carbonyl (C=O) groups excluding carboxylic acids is 2. The lowest BCUT2D eigenvalue weighted by Gasteiger charge is -2.20. The number of rotatable bonds is 4. The first-order chi connectivity index (χ1) is 11.5. The average molecular weight is 324 g/mol. The minimum atomic E-state index is -0.657. The summed E-state index contributed by atoms with van der Waals surface area (Å²) in [6.07, 6.45) is 1.45. The highest BCUT2D eigenvalue weighted by Gasteiger charge is 2.25. The highest BCUT2D eigenvalue weighted by atomic mass is 19.1.